The lowest BCUT2D eigenvalue weighted by atomic mass is 10.2. The maximum atomic E-state index is 5.80. The molecule has 0 saturated heterocycles. The van der Waals surface area contributed by atoms with Gasteiger partial charge in [0.1, 0.15) is 0 Å². The highest BCUT2D eigenvalue weighted by molar-refractivity contribution is 7.80. The lowest BCUT2D eigenvalue weighted by molar-refractivity contribution is 0.935. The summed E-state index contributed by atoms with van der Waals surface area (Å²) < 4.78 is 0. The molecule has 0 bridgehead atoms. The monoisotopic (exact) mass is 350 g/mol. The van der Waals surface area contributed by atoms with E-state index in [1.54, 1.807) is 36.7 Å². The second-order valence-corrected chi connectivity index (χ2v) is 5.45. The van der Waals surface area contributed by atoms with Crippen LogP contribution in [-0.4, -0.2) is 17.5 Å². The maximum Gasteiger partial charge on any atom is 0.207 e. The van der Waals surface area contributed by atoms with E-state index in [0.29, 0.717) is 10.0 Å². The number of hydrazone groups is 2. The summed E-state index contributed by atoms with van der Waals surface area (Å²) >= 11 is 16.6. The zero-order valence-corrected chi connectivity index (χ0v) is 13.7. The molecule has 0 amide bonds. The van der Waals surface area contributed by atoms with Gasteiger partial charge in [-0.3, -0.25) is 10.9 Å². The van der Waals surface area contributed by atoms with E-state index in [9.17, 15) is 0 Å². The third-order valence-corrected chi connectivity index (χ3v) is 3.19. The van der Waals surface area contributed by atoms with Crippen molar-refractivity contribution in [2.75, 3.05) is 0 Å². The van der Waals surface area contributed by atoms with Crippen LogP contribution in [0.2, 0.25) is 10.0 Å². The van der Waals surface area contributed by atoms with E-state index in [1.807, 2.05) is 24.3 Å². The lowest BCUT2D eigenvalue weighted by Crippen LogP contribution is -2.28. The van der Waals surface area contributed by atoms with Crippen LogP contribution < -0.4 is 10.9 Å². The SMILES string of the molecule is S=C(N/N=C\c1ccc(Cl)cc1)N/N=C\c1ccc(Cl)cc1. The molecule has 22 heavy (non-hydrogen) atoms. The molecule has 0 atom stereocenters. The second-order valence-electron chi connectivity index (χ2n) is 4.17. The number of hydrogen-bond acceptors (Lipinski definition) is 3. The van der Waals surface area contributed by atoms with Crippen molar-refractivity contribution in [3.8, 4) is 0 Å². The fourth-order valence-electron chi connectivity index (χ4n) is 1.45. The summed E-state index contributed by atoms with van der Waals surface area (Å²) in [6.45, 7) is 0. The van der Waals surface area contributed by atoms with E-state index >= 15 is 0 Å². The first-order chi connectivity index (χ1) is 10.6. The van der Waals surface area contributed by atoms with Crippen molar-refractivity contribution in [1.29, 1.82) is 0 Å². The van der Waals surface area contributed by atoms with Gasteiger partial charge in [0.05, 0.1) is 12.4 Å². The predicted molar refractivity (Wildman–Crippen MR) is 97.0 cm³/mol. The minimum absolute atomic E-state index is 0.287. The largest absolute Gasteiger partial charge is 0.252 e. The molecule has 0 aromatic heterocycles. The van der Waals surface area contributed by atoms with Crippen LogP contribution in [0.25, 0.3) is 0 Å². The molecule has 0 radical (unpaired) electrons. The molecule has 7 heteroatoms. The minimum Gasteiger partial charge on any atom is -0.252 e. The van der Waals surface area contributed by atoms with Crippen molar-refractivity contribution in [3.05, 3.63) is 69.7 Å². The lowest BCUT2D eigenvalue weighted by Gasteiger charge is -2.01. The summed E-state index contributed by atoms with van der Waals surface area (Å²) in [5.41, 5.74) is 7.14. The Kier molecular flexibility index (Phi) is 6.33. The van der Waals surface area contributed by atoms with Gasteiger partial charge in [-0.2, -0.15) is 10.2 Å². The summed E-state index contributed by atoms with van der Waals surface area (Å²) in [6, 6.07) is 14.5. The summed E-state index contributed by atoms with van der Waals surface area (Å²) in [6.07, 6.45) is 3.26. The van der Waals surface area contributed by atoms with E-state index in [0.717, 1.165) is 11.1 Å². The van der Waals surface area contributed by atoms with Gasteiger partial charge in [0.25, 0.3) is 0 Å². The average Bonchev–Trinajstić information content (AvgIpc) is 2.51. The number of hydrogen-bond donors (Lipinski definition) is 2. The Morgan fingerprint density at radius 1 is 0.773 bits per heavy atom. The van der Waals surface area contributed by atoms with Crippen LogP contribution >= 0.6 is 35.4 Å². The number of thiocarbonyl (C=S) groups is 1. The highest BCUT2D eigenvalue weighted by Crippen LogP contribution is 2.08. The molecule has 112 valence electrons. The summed E-state index contributed by atoms with van der Waals surface area (Å²) in [4.78, 5) is 0. The molecule has 0 unspecified atom stereocenters. The van der Waals surface area contributed by atoms with E-state index in [-0.39, 0.29) is 5.11 Å². The smallest absolute Gasteiger partial charge is 0.207 e. The number of halogens is 2. The highest BCUT2D eigenvalue weighted by atomic mass is 35.5. The molecule has 0 spiro atoms. The molecule has 2 rings (SSSR count). The first kappa shape index (κ1) is 16.4. The first-order valence-corrected chi connectivity index (χ1v) is 7.43. The Hall–Kier alpha value is -1.95. The van der Waals surface area contributed by atoms with Gasteiger partial charge in [-0.15, -0.1) is 0 Å². The number of benzene rings is 2. The van der Waals surface area contributed by atoms with Crippen molar-refractivity contribution in [1.82, 2.24) is 10.9 Å². The molecule has 0 fully saturated rings. The topological polar surface area (TPSA) is 48.8 Å². The van der Waals surface area contributed by atoms with Crippen LogP contribution in [0.1, 0.15) is 11.1 Å². The number of rotatable bonds is 4. The van der Waals surface area contributed by atoms with Gasteiger partial charge in [0.15, 0.2) is 0 Å². The molecule has 2 aromatic rings. The van der Waals surface area contributed by atoms with Gasteiger partial charge >= 0.3 is 0 Å². The van der Waals surface area contributed by atoms with Crippen LogP contribution in [0.3, 0.4) is 0 Å². The van der Waals surface area contributed by atoms with E-state index in [2.05, 4.69) is 21.1 Å². The predicted octanol–water partition coefficient (Wildman–Crippen LogP) is 3.83. The molecule has 0 saturated carbocycles. The van der Waals surface area contributed by atoms with Gasteiger partial charge in [0, 0.05) is 10.0 Å². The van der Waals surface area contributed by atoms with Crippen molar-refractivity contribution >= 4 is 53.0 Å². The highest BCUT2D eigenvalue weighted by Gasteiger charge is 1.92. The normalized spacial score (nSPS) is 11.0. The average molecular weight is 351 g/mol. The summed E-state index contributed by atoms with van der Waals surface area (Å²) in [5, 5.41) is 9.64. The van der Waals surface area contributed by atoms with Crippen molar-refractivity contribution in [3.63, 3.8) is 0 Å². The molecule has 0 aliphatic heterocycles. The Labute approximate surface area is 143 Å². The zero-order valence-electron chi connectivity index (χ0n) is 11.3. The maximum absolute atomic E-state index is 5.80. The van der Waals surface area contributed by atoms with Crippen LogP contribution in [0.15, 0.2) is 58.7 Å². The van der Waals surface area contributed by atoms with Crippen molar-refractivity contribution in [2.45, 2.75) is 0 Å². The summed E-state index contributed by atoms with van der Waals surface area (Å²) in [5.74, 6) is 0. The van der Waals surface area contributed by atoms with Gasteiger partial charge in [-0.25, -0.2) is 0 Å². The van der Waals surface area contributed by atoms with Gasteiger partial charge in [-0.05, 0) is 47.6 Å². The molecule has 2 aromatic carbocycles. The summed E-state index contributed by atoms with van der Waals surface area (Å²) in [7, 11) is 0. The Balaban J connectivity index is 1.78. The quantitative estimate of drug-likeness (QED) is 0.500. The zero-order chi connectivity index (χ0) is 15.8. The molecule has 4 nitrogen and oxygen atoms in total. The van der Waals surface area contributed by atoms with E-state index in [1.165, 1.54) is 0 Å². The fourth-order valence-corrected chi connectivity index (χ4v) is 1.81. The van der Waals surface area contributed by atoms with Gasteiger partial charge in [-0.1, -0.05) is 47.5 Å². The Morgan fingerprint density at radius 3 is 1.50 bits per heavy atom. The second kappa shape index (κ2) is 8.48. The number of nitrogens with one attached hydrogen (secondary N) is 2. The minimum atomic E-state index is 0.287. The first-order valence-electron chi connectivity index (χ1n) is 6.27. The Morgan fingerprint density at radius 2 is 1.14 bits per heavy atom. The van der Waals surface area contributed by atoms with Crippen LogP contribution in [0, 0.1) is 0 Å². The van der Waals surface area contributed by atoms with Crippen molar-refractivity contribution in [2.24, 2.45) is 10.2 Å². The van der Waals surface area contributed by atoms with Gasteiger partial charge in [0.2, 0.25) is 5.11 Å². The van der Waals surface area contributed by atoms with Gasteiger partial charge < -0.3 is 0 Å². The van der Waals surface area contributed by atoms with Crippen LogP contribution in [0.5, 0.6) is 0 Å². The van der Waals surface area contributed by atoms with E-state index in [4.69, 9.17) is 35.4 Å². The molecule has 0 aliphatic carbocycles. The van der Waals surface area contributed by atoms with Crippen LogP contribution in [-0.2, 0) is 0 Å². The van der Waals surface area contributed by atoms with E-state index < -0.39 is 0 Å². The standard InChI is InChI=1S/C15H12Cl2N4S/c16-13-5-1-11(2-6-13)9-18-20-15(22)21-19-10-12-3-7-14(17)8-4-12/h1-10H,(H2,20,21,22)/b18-9-,19-10-. The number of nitrogens with zero attached hydrogens (tertiary/aromatic N) is 2. The third-order valence-electron chi connectivity index (χ3n) is 2.50. The molecule has 0 aliphatic rings. The van der Waals surface area contributed by atoms with Crippen molar-refractivity contribution < 1.29 is 0 Å². The third kappa shape index (κ3) is 5.81. The molecule has 2 N–H and O–H groups in total. The molecular weight excluding hydrogens is 339 g/mol. The molecular formula is C15H12Cl2N4S. The fraction of sp³-hybridized carbons (Fsp3) is 0. The van der Waals surface area contributed by atoms with Crippen LogP contribution in [0.4, 0.5) is 0 Å². The molecule has 0 heterocycles. The Bertz CT molecular complexity index is 622.